The molecule has 1 unspecified atom stereocenters. The maximum absolute atomic E-state index is 12.1. The highest BCUT2D eigenvalue weighted by Gasteiger charge is 2.10. The molecule has 3 heteroatoms. The Balaban J connectivity index is 1.40. The predicted octanol–water partition coefficient (Wildman–Crippen LogP) is 2.60. The van der Waals surface area contributed by atoms with Gasteiger partial charge in [-0.05, 0) is 35.2 Å². The standard InChI is InChI=1S/C23H26N2O/c1-25(17-20-13-14-21-11-5-6-12-22(21)16-20)18-23(26)24-15-7-10-19-8-3-2-4-9-19/h2-6,8-9,11-14,16H,7,10,15,17-18H2,1H3,(H,24,26)/p+1. The Morgan fingerprint density at radius 3 is 2.42 bits per heavy atom. The molecule has 26 heavy (non-hydrogen) atoms. The van der Waals surface area contributed by atoms with Crippen molar-refractivity contribution < 1.29 is 9.69 Å². The SMILES string of the molecule is C[NH+](CC(=O)NCCCc1ccccc1)Cc1ccc2ccccc2c1. The molecule has 1 atom stereocenters. The molecule has 2 N–H and O–H groups in total. The highest BCUT2D eigenvalue weighted by atomic mass is 16.2. The number of nitrogens with one attached hydrogen (secondary N) is 2. The lowest BCUT2D eigenvalue weighted by atomic mass is 10.1. The molecule has 3 aromatic carbocycles. The second kappa shape index (κ2) is 9.16. The number of rotatable bonds is 8. The van der Waals surface area contributed by atoms with E-state index in [2.05, 4.69) is 79.1 Å². The zero-order chi connectivity index (χ0) is 18.2. The van der Waals surface area contributed by atoms with E-state index in [9.17, 15) is 4.79 Å². The minimum atomic E-state index is 0.122. The first-order valence-electron chi connectivity index (χ1n) is 9.30. The average Bonchev–Trinajstić information content (AvgIpc) is 2.66. The third-order valence-corrected chi connectivity index (χ3v) is 4.59. The summed E-state index contributed by atoms with van der Waals surface area (Å²) >= 11 is 0. The van der Waals surface area contributed by atoms with Gasteiger partial charge in [0.25, 0.3) is 5.91 Å². The molecule has 0 spiro atoms. The summed E-state index contributed by atoms with van der Waals surface area (Å²) in [6.45, 7) is 2.08. The van der Waals surface area contributed by atoms with Gasteiger partial charge in [-0.2, -0.15) is 0 Å². The summed E-state index contributed by atoms with van der Waals surface area (Å²) in [4.78, 5) is 13.3. The third-order valence-electron chi connectivity index (χ3n) is 4.59. The number of aryl methyl sites for hydroxylation is 1. The van der Waals surface area contributed by atoms with Gasteiger partial charge in [0, 0.05) is 12.1 Å². The van der Waals surface area contributed by atoms with Crippen molar-refractivity contribution in [3.63, 3.8) is 0 Å². The molecule has 0 heterocycles. The summed E-state index contributed by atoms with van der Waals surface area (Å²) in [7, 11) is 2.07. The molecule has 3 aromatic rings. The molecule has 0 aliphatic carbocycles. The molecule has 0 saturated heterocycles. The molecule has 0 aliphatic rings. The summed E-state index contributed by atoms with van der Waals surface area (Å²) < 4.78 is 0. The molecule has 0 radical (unpaired) electrons. The predicted molar refractivity (Wildman–Crippen MR) is 107 cm³/mol. The Hall–Kier alpha value is -2.65. The molecule has 1 amide bonds. The number of hydrogen-bond donors (Lipinski definition) is 2. The molecule has 0 aromatic heterocycles. The molecule has 3 nitrogen and oxygen atoms in total. The summed E-state index contributed by atoms with van der Waals surface area (Å²) in [6.07, 6.45) is 1.97. The average molecular weight is 347 g/mol. The fourth-order valence-electron chi connectivity index (χ4n) is 3.26. The molecule has 0 aliphatic heterocycles. The number of fused-ring (bicyclic) bond motifs is 1. The van der Waals surface area contributed by atoms with Crippen molar-refractivity contribution in [1.82, 2.24) is 5.32 Å². The number of amides is 1. The van der Waals surface area contributed by atoms with Gasteiger partial charge in [-0.25, -0.2) is 0 Å². The van der Waals surface area contributed by atoms with Crippen molar-refractivity contribution in [1.29, 1.82) is 0 Å². The number of quaternary nitrogens is 1. The second-order valence-electron chi connectivity index (χ2n) is 6.93. The van der Waals surface area contributed by atoms with Crippen LogP contribution < -0.4 is 10.2 Å². The summed E-state index contributed by atoms with van der Waals surface area (Å²) in [5, 5.41) is 5.55. The van der Waals surface area contributed by atoms with E-state index in [1.807, 2.05) is 6.07 Å². The third kappa shape index (κ3) is 5.43. The van der Waals surface area contributed by atoms with Crippen LogP contribution in [0, 0.1) is 0 Å². The fraction of sp³-hybridized carbons (Fsp3) is 0.261. The fourth-order valence-corrected chi connectivity index (χ4v) is 3.26. The number of carbonyl (C=O) groups is 1. The van der Waals surface area contributed by atoms with Crippen molar-refractivity contribution in [3.8, 4) is 0 Å². The van der Waals surface area contributed by atoms with Crippen LogP contribution in [0.5, 0.6) is 0 Å². The zero-order valence-corrected chi connectivity index (χ0v) is 15.4. The molecule has 0 saturated carbocycles. The number of likely N-dealkylation sites (N-methyl/N-ethyl adjacent to an activating group) is 1. The lowest BCUT2D eigenvalue weighted by molar-refractivity contribution is -0.885. The molecule has 0 fully saturated rings. The van der Waals surface area contributed by atoms with Crippen molar-refractivity contribution in [2.45, 2.75) is 19.4 Å². The van der Waals surface area contributed by atoms with Gasteiger partial charge in [-0.15, -0.1) is 0 Å². The lowest BCUT2D eigenvalue weighted by Gasteiger charge is -2.14. The number of benzene rings is 3. The van der Waals surface area contributed by atoms with Gasteiger partial charge in [0.2, 0.25) is 0 Å². The van der Waals surface area contributed by atoms with Gasteiger partial charge >= 0.3 is 0 Å². The van der Waals surface area contributed by atoms with Crippen LogP contribution in [0.25, 0.3) is 10.8 Å². The Labute approximate surface area is 155 Å². The van der Waals surface area contributed by atoms with E-state index in [1.54, 1.807) is 0 Å². The minimum Gasteiger partial charge on any atom is -0.351 e. The van der Waals surface area contributed by atoms with Gasteiger partial charge in [0.15, 0.2) is 6.54 Å². The zero-order valence-electron chi connectivity index (χ0n) is 15.4. The number of hydrogen-bond acceptors (Lipinski definition) is 1. The van der Waals surface area contributed by atoms with Gasteiger partial charge in [-0.3, -0.25) is 4.79 Å². The topological polar surface area (TPSA) is 33.5 Å². The molecule has 134 valence electrons. The van der Waals surface area contributed by atoms with Crippen LogP contribution in [0.15, 0.2) is 72.8 Å². The Morgan fingerprint density at radius 2 is 1.62 bits per heavy atom. The largest absolute Gasteiger partial charge is 0.351 e. The van der Waals surface area contributed by atoms with Gasteiger partial charge in [0.05, 0.1) is 7.05 Å². The highest BCUT2D eigenvalue weighted by Crippen LogP contribution is 2.14. The molecular weight excluding hydrogens is 320 g/mol. The molecule has 0 bridgehead atoms. The van der Waals surface area contributed by atoms with Crippen LogP contribution in [-0.2, 0) is 17.8 Å². The van der Waals surface area contributed by atoms with E-state index in [0.29, 0.717) is 6.54 Å². The second-order valence-corrected chi connectivity index (χ2v) is 6.93. The highest BCUT2D eigenvalue weighted by molar-refractivity contribution is 5.83. The van der Waals surface area contributed by atoms with E-state index < -0.39 is 0 Å². The lowest BCUT2D eigenvalue weighted by Crippen LogP contribution is -3.08. The van der Waals surface area contributed by atoms with Gasteiger partial charge < -0.3 is 10.2 Å². The minimum absolute atomic E-state index is 0.122. The Bertz CT molecular complexity index is 845. The van der Waals surface area contributed by atoms with Crippen molar-refractivity contribution in [2.24, 2.45) is 0 Å². The van der Waals surface area contributed by atoms with E-state index in [0.717, 1.165) is 25.9 Å². The quantitative estimate of drug-likeness (QED) is 0.604. The Kier molecular flexibility index (Phi) is 6.39. The summed E-state index contributed by atoms with van der Waals surface area (Å²) in [5.41, 5.74) is 2.58. The van der Waals surface area contributed by atoms with Crippen LogP contribution in [-0.4, -0.2) is 26.0 Å². The maximum atomic E-state index is 12.1. The maximum Gasteiger partial charge on any atom is 0.275 e. The van der Waals surface area contributed by atoms with Gasteiger partial charge in [-0.1, -0.05) is 66.7 Å². The first kappa shape index (κ1) is 18.2. The Morgan fingerprint density at radius 1 is 0.885 bits per heavy atom. The van der Waals surface area contributed by atoms with Crippen LogP contribution in [0.3, 0.4) is 0 Å². The normalized spacial score (nSPS) is 12.0. The summed E-state index contributed by atoms with van der Waals surface area (Å²) in [5.74, 6) is 0.122. The van der Waals surface area contributed by atoms with E-state index in [1.165, 1.54) is 26.8 Å². The van der Waals surface area contributed by atoms with Crippen molar-refractivity contribution in [3.05, 3.63) is 83.9 Å². The van der Waals surface area contributed by atoms with Crippen LogP contribution in [0.1, 0.15) is 17.5 Å². The smallest absolute Gasteiger partial charge is 0.275 e. The van der Waals surface area contributed by atoms with Crippen LogP contribution >= 0.6 is 0 Å². The van der Waals surface area contributed by atoms with Crippen molar-refractivity contribution in [2.75, 3.05) is 20.1 Å². The van der Waals surface area contributed by atoms with Crippen molar-refractivity contribution >= 4 is 16.7 Å². The molecular formula is C23H27N2O+. The number of carbonyl (C=O) groups excluding carboxylic acids is 1. The van der Waals surface area contributed by atoms with Gasteiger partial charge in [0.1, 0.15) is 6.54 Å². The van der Waals surface area contributed by atoms with E-state index in [-0.39, 0.29) is 5.91 Å². The molecule has 3 rings (SSSR count). The van der Waals surface area contributed by atoms with E-state index in [4.69, 9.17) is 0 Å². The first-order chi connectivity index (χ1) is 12.7. The van der Waals surface area contributed by atoms with Crippen LogP contribution in [0.4, 0.5) is 0 Å². The first-order valence-corrected chi connectivity index (χ1v) is 9.30. The summed E-state index contributed by atoms with van der Waals surface area (Å²) in [6, 6.07) is 25.3. The van der Waals surface area contributed by atoms with Crippen LogP contribution in [0.2, 0.25) is 0 Å². The monoisotopic (exact) mass is 347 g/mol. The van der Waals surface area contributed by atoms with E-state index >= 15 is 0 Å².